The first kappa shape index (κ1) is 14.1. The molecule has 0 amide bonds. The Kier molecular flexibility index (Phi) is 6.15. The molecule has 0 aliphatic rings. The van der Waals surface area contributed by atoms with E-state index in [4.69, 9.17) is 0 Å². The van der Waals surface area contributed by atoms with Gasteiger partial charge in [-0.25, -0.2) is 14.2 Å². The summed E-state index contributed by atoms with van der Waals surface area (Å²) in [6, 6.07) is 0. The van der Waals surface area contributed by atoms with Crippen molar-refractivity contribution in [1.82, 2.24) is 0 Å². The number of hydrogen-bond acceptors (Lipinski definition) is 7. The predicted molar refractivity (Wildman–Crippen MR) is 49.0 cm³/mol. The molecule has 0 saturated heterocycles. The first-order chi connectivity index (χ1) is 6.99. The molecule has 0 saturated carbocycles. The lowest BCUT2D eigenvalue weighted by molar-refractivity contribution is -0.161. The zero-order valence-corrected chi connectivity index (χ0v) is 9.61. The summed E-state index contributed by atoms with van der Waals surface area (Å²) in [5, 5.41) is 0. The molecule has 88 valence electrons. The van der Waals surface area contributed by atoms with Crippen molar-refractivity contribution in [2.45, 2.75) is 13.8 Å². The maximum Gasteiger partial charge on any atom is 0.532 e. The summed E-state index contributed by atoms with van der Waals surface area (Å²) in [4.78, 5) is 21.6. The van der Waals surface area contributed by atoms with Crippen LogP contribution in [0.2, 0.25) is 0 Å². The van der Waals surface area contributed by atoms with Gasteiger partial charge in [0.1, 0.15) is 0 Å². The maximum atomic E-state index is 11.5. The summed E-state index contributed by atoms with van der Waals surface area (Å²) >= 11 is 0. The van der Waals surface area contributed by atoms with Crippen molar-refractivity contribution in [2.75, 3.05) is 20.3 Å². The summed E-state index contributed by atoms with van der Waals surface area (Å²) in [6.45, 7) is 3.12. The van der Waals surface area contributed by atoms with Crippen LogP contribution in [0.25, 0.3) is 0 Å². The second kappa shape index (κ2) is 6.55. The van der Waals surface area contributed by atoms with Gasteiger partial charge in [-0.2, -0.15) is 0 Å². The number of hydrogen-bond donors (Lipinski definition) is 0. The Bertz CT molecular complexity index is 265. The van der Waals surface area contributed by atoms with E-state index >= 15 is 0 Å². The quantitative estimate of drug-likeness (QED) is 0.400. The number of carbonyl (C=O) groups is 2. The van der Waals surface area contributed by atoms with Crippen molar-refractivity contribution in [3.63, 3.8) is 0 Å². The third-order valence-corrected chi connectivity index (χ3v) is 2.66. The van der Waals surface area contributed by atoms with Gasteiger partial charge >= 0.3 is 19.8 Å². The normalized spacial score (nSPS) is 10.9. The molecule has 15 heavy (non-hydrogen) atoms. The molecule has 0 aromatic rings. The fourth-order valence-corrected chi connectivity index (χ4v) is 1.72. The zero-order valence-electron chi connectivity index (χ0n) is 8.72. The van der Waals surface area contributed by atoms with Gasteiger partial charge in [0.2, 0.25) is 0 Å². The molecule has 0 aromatic heterocycles. The summed E-state index contributed by atoms with van der Waals surface area (Å²) in [5.74, 6) is -2.68. The Labute approximate surface area is 87.3 Å². The number of carbonyl (C=O) groups excluding carboxylic acids is 2. The fourth-order valence-electron chi connectivity index (χ4n) is 0.628. The fraction of sp³-hybridized carbons (Fsp3) is 0.714. The van der Waals surface area contributed by atoms with Gasteiger partial charge in [0.05, 0.1) is 20.3 Å². The molecular weight excluding hydrogens is 227 g/mol. The molecule has 0 rings (SSSR count). The molecule has 8 heteroatoms. The first-order valence-electron chi connectivity index (χ1n) is 4.20. The van der Waals surface area contributed by atoms with Gasteiger partial charge in [0.25, 0.3) is 0 Å². The van der Waals surface area contributed by atoms with Crippen LogP contribution in [0.15, 0.2) is 0 Å². The molecule has 7 nitrogen and oxygen atoms in total. The molecule has 0 aliphatic heterocycles. The van der Waals surface area contributed by atoms with Crippen LogP contribution in [0, 0.1) is 0 Å². The minimum atomic E-state index is -3.99. The van der Waals surface area contributed by atoms with Crippen molar-refractivity contribution >= 4 is 19.8 Å². The SMILES string of the molecule is CCOP(=O)(OCC)OC(=O)C(=O)OC. The van der Waals surface area contributed by atoms with Crippen LogP contribution in [0.3, 0.4) is 0 Å². The Morgan fingerprint density at radius 1 is 1.07 bits per heavy atom. The molecule has 0 heterocycles. The lowest BCUT2D eigenvalue weighted by Gasteiger charge is -2.14. The largest absolute Gasteiger partial charge is 0.532 e. The highest BCUT2D eigenvalue weighted by Crippen LogP contribution is 2.49. The van der Waals surface area contributed by atoms with E-state index in [0.717, 1.165) is 7.11 Å². The third kappa shape index (κ3) is 4.92. The standard InChI is InChI=1S/C7H13O7P/c1-4-12-15(10,13-5-2)14-7(9)6(8)11-3/h4-5H2,1-3H3. The van der Waals surface area contributed by atoms with Crippen LogP contribution in [0.1, 0.15) is 13.8 Å². The van der Waals surface area contributed by atoms with Crippen LogP contribution in [0.4, 0.5) is 0 Å². The smallest absolute Gasteiger partial charge is 0.461 e. The molecule has 0 aromatic carbocycles. The summed E-state index contributed by atoms with van der Waals surface area (Å²) < 4.78 is 29.1. The molecule has 0 spiro atoms. The van der Waals surface area contributed by atoms with E-state index < -0.39 is 19.8 Å². The number of rotatable bonds is 5. The summed E-state index contributed by atoms with van der Waals surface area (Å²) in [6.07, 6.45) is 0. The molecule has 0 radical (unpaired) electrons. The molecular formula is C7H13O7P. The van der Waals surface area contributed by atoms with E-state index in [0.29, 0.717) is 0 Å². The Morgan fingerprint density at radius 3 is 1.87 bits per heavy atom. The second-order valence-electron chi connectivity index (χ2n) is 2.15. The third-order valence-electron chi connectivity index (χ3n) is 1.12. The van der Waals surface area contributed by atoms with Gasteiger partial charge in [-0.05, 0) is 13.8 Å². The van der Waals surface area contributed by atoms with Crippen LogP contribution < -0.4 is 0 Å². The summed E-state index contributed by atoms with van der Waals surface area (Å²) in [5.41, 5.74) is 0. The molecule has 0 unspecified atom stereocenters. The monoisotopic (exact) mass is 240 g/mol. The van der Waals surface area contributed by atoms with Crippen molar-refractivity contribution in [3.05, 3.63) is 0 Å². The van der Waals surface area contributed by atoms with Crippen LogP contribution in [0.5, 0.6) is 0 Å². The molecule has 0 fully saturated rings. The van der Waals surface area contributed by atoms with Gasteiger partial charge in [-0.15, -0.1) is 0 Å². The second-order valence-corrected chi connectivity index (χ2v) is 3.75. The number of phosphoric acid groups is 1. The molecule has 0 N–H and O–H groups in total. The average Bonchev–Trinajstić information content (AvgIpc) is 2.16. The van der Waals surface area contributed by atoms with E-state index in [1.165, 1.54) is 13.8 Å². The van der Waals surface area contributed by atoms with Crippen LogP contribution in [-0.2, 0) is 32.5 Å². The molecule has 0 atom stereocenters. The number of esters is 1. The van der Waals surface area contributed by atoms with E-state index in [1.807, 2.05) is 0 Å². The van der Waals surface area contributed by atoms with Gasteiger partial charge in [-0.1, -0.05) is 0 Å². The summed E-state index contributed by atoms with van der Waals surface area (Å²) in [7, 11) is -3.00. The van der Waals surface area contributed by atoms with Gasteiger partial charge in [0, 0.05) is 0 Å². The lowest BCUT2D eigenvalue weighted by Crippen LogP contribution is -2.18. The van der Waals surface area contributed by atoms with Crippen molar-refractivity contribution in [1.29, 1.82) is 0 Å². The number of methoxy groups -OCH3 is 1. The minimum absolute atomic E-state index is 0.0196. The van der Waals surface area contributed by atoms with Gasteiger partial charge in [0.15, 0.2) is 0 Å². The predicted octanol–water partition coefficient (Wildman–Crippen LogP) is 0.884. The Morgan fingerprint density at radius 2 is 1.53 bits per heavy atom. The topological polar surface area (TPSA) is 88.1 Å². The highest BCUT2D eigenvalue weighted by Gasteiger charge is 2.33. The van der Waals surface area contributed by atoms with Gasteiger partial charge < -0.3 is 9.26 Å². The molecule has 0 aliphatic carbocycles. The van der Waals surface area contributed by atoms with Crippen LogP contribution in [-0.4, -0.2) is 32.3 Å². The minimum Gasteiger partial charge on any atom is -0.461 e. The van der Waals surface area contributed by atoms with E-state index in [1.54, 1.807) is 0 Å². The average molecular weight is 240 g/mol. The highest BCUT2D eigenvalue weighted by atomic mass is 31.2. The van der Waals surface area contributed by atoms with Crippen LogP contribution >= 0.6 is 7.82 Å². The van der Waals surface area contributed by atoms with Crippen molar-refractivity contribution < 1.29 is 32.5 Å². The van der Waals surface area contributed by atoms with E-state index in [9.17, 15) is 14.2 Å². The number of phosphoric ester groups is 1. The first-order valence-corrected chi connectivity index (χ1v) is 5.66. The Hall–Kier alpha value is -0.910. The van der Waals surface area contributed by atoms with Crippen molar-refractivity contribution in [3.8, 4) is 0 Å². The van der Waals surface area contributed by atoms with Crippen molar-refractivity contribution in [2.24, 2.45) is 0 Å². The van der Waals surface area contributed by atoms with E-state index in [2.05, 4.69) is 18.3 Å². The van der Waals surface area contributed by atoms with E-state index in [-0.39, 0.29) is 13.2 Å². The number of ether oxygens (including phenoxy) is 1. The maximum absolute atomic E-state index is 11.5. The molecule has 0 bridgehead atoms. The lowest BCUT2D eigenvalue weighted by atomic mass is 10.7. The Balaban J connectivity index is 4.47. The van der Waals surface area contributed by atoms with Gasteiger partial charge in [-0.3, -0.25) is 9.05 Å². The zero-order chi connectivity index (χ0) is 11.9. The highest BCUT2D eigenvalue weighted by molar-refractivity contribution is 7.49.